The van der Waals surface area contributed by atoms with Gasteiger partial charge in [0, 0.05) is 52.0 Å². The molecule has 2 fully saturated rings. The maximum atomic E-state index is 13.4. The molecule has 2 unspecified atom stereocenters. The summed E-state index contributed by atoms with van der Waals surface area (Å²) in [5.74, 6) is 0.939. The first-order chi connectivity index (χ1) is 14.1. The zero-order chi connectivity index (χ0) is 20.4. The topological polar surface area (TPSA) is 69.6 Å². The molecule has 0 bridgehead atoms. The SMILES string of the molecule is Cc1nccnc1N1CCN(C(=O)C2CCC(=O)N(C)C2c2ccccc2)CC1. The second-order valence-electron chi connectivity index (χ2n) is 7.78. The molecule has 3 heterocycles. The number of rotatable bonds is 3. The predicted octanol–water partition coefficient (Wildman–Crippen LogP) is 2.04. The summed E-state index contributed by atoms with van der Waals surface area (Å²) in [7, 11) is 1.81. The Bertz CT molecular complexity index is 880. The minimum Gasteiger partial charge on any atom is -0.352 e. The van der Waals surface area contributed by atoms with Crippen LogP contribution in [0.4, 0.5) is 5.82 Å². The van der Waals surface area contributed by atoms with Gasteiger partial charge in [0.1, 0.15) is 5.82 Å². The van der Waals surface area contributed by atoms with E-state index < -0.39 is 0 Å². The van der Waals surface area contributed by atoms with Crippen molar-refractivity contribution in [2.75, 3.05) is 38.1 Å². The number of hydrogen-bond acceptors (Lipinski definition) is 5. The van der Waals surface area contributed by atoms with Gasteiger partial charge in [-0.15, -0.1) is 0 Å². The highest BCUT2D eigenvalue weighted by Gasteiger charge is 2.41. The Morgan fingerprint density at radius 1 is 1.03 bits per heavy atom. The maximum Gasteiger partial charge on any atom is 0.228 e. The summed E-state index contributed by atoms with van der Waals surface area (Å²) in [6.45, 7) is 4.75. The lowest BCUT2D eigenvalue weighted by atomic mass is 9.83. The van der Waals surface area contributed by atoms with E-state index >= 15 is 0 Å². The van der Waals surface area contributed by atoms with Crippen molar-refractivity contribution in [3.63, 3.8) is 0 Å². The number of benzene rings is 1. The summed E-state index contributed by atoms with van der Waals surface area (Å²) < 4.78 is 0. The van der Waals surface area contributed by atoms with Gasteiger partial charge in [0.05, 0.1) is 17.7 Å². The average molecular weight is 393 g/mol. The van der Waals surface area contributed by atoms with Crippen LogP contribution >= 0.6 is 0 Å². The lowest BCUT2D eigenvalue weighted by molar-refractivity contribution is -0.146. The zero-order valence-corrected chi connectivity index (χ0v) is 17.0. The number of hydrogen-bond donors (Lipinski definition) is 0. The van der Waals surface area contributed by atoms with E-state index in [1.54, 1.807) is 17.3 Å². The van der Waals surface area contributed by atoms with Crippen LogP contribution in [0.25, 0.3) is 0 Å². The van der Waals surface area contributed by atoms with Crippen molar-refractivity contribution >= 4 is 17.6 Å². The Morgan fingerprint density at radius 2 is 1.72 bits per heavy atom. The van der Waals surface area contributed by atoms with Crippen LogP contribution in [0.5, 0.6) is 0 Å². The molecule has 4 rings (SSSR count). The molecule has 2 saturated heterocycles. The number of aryl methyl sites for hydroxylation is 1. The van der Waals surface area contributed by atoms with Crippen molar-refractivity contribution in [3.05, 3.63) is 54.0 Å². The highest BCUT2D eigenvalue weighted by molar-refractivity contribution is 5.85. The molecule has 7 nitrogen and oxygen atoms in total. The van der Waals surface area contributed by atoms with Gasteiger partial charge in [-0.25, -0.2) is 4.98 Å². The first-order valence-corrected chi connectivity index (χ1v) is 10.2. The van der Waals surface area contributed by atoms with Crippen LogP contribution in [0.1, 0.15) is 30.1 Å². The molecule has 152 valence electrons. The van der Waals surface area contributed by atoms with Crippen molar-refractivity contribution in [2.24, 2.45) is 5.92 Å². The Labute approximate surface area is 171 Å². The molecule has 1 aromatic heterocycles. The molecule has 0 radical (unpaired) electrons. The van der Waals surface area contributed by atoms with E-state index in [0.717, 1.165) is 30.2 Å². The van der Waals surface area contributed by atoms with E-state index in [9.17, 15) is 9.59 Å². The van der Waals surface area contributed by atoms with E-state index in [1.165, 1.54) is 0 Å². The monoisotopic (exact) mass is 393 g/mol. The van der Waals surface area contributed by atoms with Crippen LogP contribution in [0.2, 0.25) is 0 Å². The van der Waals surface area contributed by atoms with Gasteiger partial charge in [-0.3, -0.25) is 14.6 Å². The van der Waals surface area contributed by atoms with E-state index in [4.69, 9.17) is 0 Å². The third-order valence-corrected chi connectivity index (χ3v) is 6.07. The number of nitrogens with zero attached hydrogens (tertiary/aromatic N) is 5. The largest absolute Gasteiger partial charge is 0.352 e. The van der Waals surface area contributed by atoms with Crippen LogP contribution in [-0.4, -0.2) is 64.8 Å². The fraction of sp³-hybridized carbons (Fsp3) is 0.455. The molecule has 2 amide bonds. The van der Waals surface area contributed by atoms with Crippen molar-refractivity contribution in [1.82, 2.24) is 19.8 Å². The fourth-order valence-corrected chi connectivity index (χ4v) is 4.49. The lowest BCUT2D eigenvalue weighted by Crippen LogP contribution is -2.53. The van der Waals surface area contributed by atoms with Gasteiger partial charge < -0.3 is 14.7 Å². The minimum absolute atomic E-state index is 0.103. The quantitative estimate of drug-likeness (QED) is 0.798. The number of likely N-dealkylation sites (tertiary alicyclic amines) is 1. The zero-order valence-electron chi connectivity index (χ0n) is 17.0. The molecular formula is C22H27N5O2. The molecule has 7 heteroatoms. The normalized spacial score (nSPS) is 22.7. The number of aromatic nitrogens is 2. The average Bonchev–Trinajstić information content (AvgIpc) is 2.76. The number of anilines is 1. The van der Waals surface area contributed by atoms with Crippen LogP contribution < -0.4 is 4.90 Å². The van der Waals surface area contributed by atoms with E-state index in [0.29, 0.717) is 25.9 Å². The third kappa shape index (κ3) is 3.81. The molecule has 0 saturated carbocycles. The lowest BCUT2D eigenvalue weighted by Gasteiger charge is -2.42. The van der Waals surface area contributed by atoms with Crippen molar-refractivity contribution < 1.29 is 9.59 Å². The fourth-order valence-electron chi connectivity index (χ4n) is 4.49. The maximum absolute atomic E-state index is 13.4. The molecule has 29 heavy (non-hydrogen) atoms. The molecule has 0 N–H and O–H groups in total. The van der Waals surface area contributed by atoms with Crippen LogP contribution in [0.3, 0.4) is 0 Å². The van der Waals surface area contributed by atoms with E-state index in [-0.39, 0.29) is 23.8 Å². The number of piperazine rings is 1. The summed E-state index contributed by atoms with van der Waals surface area (Å²) >= 11 is 0. The second-order valence-corrected chi connectivity index (χ2v) is 7.78. The highest BCUT2D eigenvalue weighted by atomic mass is 16.2. The predicted molar refractivity (Wildman–Crippen MR) is 110 cm³/mol. The first-order valence-electron chi connectivity index (χ1n) is 10.2. The van der Waals surface area contributed by atoms with Gasteiger partial charge in [-0.1, -0.05) is 30.3 Å². The Kier molecular flexibility index (Phi) is 5.47. The molecule has 1 aromatic carbocycles. The van der Waals surface area contributed by atoms with Gasteiger partial charge in [-0.05, 0) is 18.9 Å². The van der Waals surface area contributed by atoms with Gasteiger partial charge in [0.2, 0.25) is 11.8 Å². The Hall–Kier alpha value is -2.96. The molecule has 2 aliphatic heterocycles. The van der Waals surface area contributed by atoms with Gasteiger partial charge in [0.25, 0.3) is 0 Å². The number of carbonyl (C=O) groups excluding carboxylic acids is 2. The van der Waals surface area contributed by atoms with Crippen LogP contribution in [-0.2, 0) is 9.59 Å². The number of piperidine rings is 1. The van der Waals surface area contributed by atoms with Crippen LogP contribution in [0, 0.1) is 12.8 Å². The second kappa shape index (κ2) is 8.19. The van der Waals surface area contributed by atoms with Crippen LogP contribution in [0.15, 0.2) is 42.7 Å². The minimum atomic E-state index is -0.204. The van der Waals surface area contributed by atoms with E-state index in [1.807, 2.05) is 49.2 Å². The van der Waals surface area contributed by atoms with Gasteiger partial charge >= 0.3 is 0 Å². The van der Waals surface area contributed by atoms with E-state index in [2.05, 4.69) is 14.9 Å². The standard InChI is InChI=1S/C22H27N5O2/c1-16-21(24-11-10-23-16)26-12-14-27(15-13-26)22(29)18-8-9-19(28)25(2)20(18)17-6-4-3-5-7-17/h3-7,10-11,18,20H,8-9,12-15H2,1-2H3. The number of carbonyl (C=O) groups is 2. The van der Waals surface area contributed by atoms with Crippen molar-refractivity contribution in [3.8, 4) is 0 Å². The summed E-state index contributed by atoms with van der Waals surface area (Å²) in [5, 5.41) is 0. The van der Waals surface area contributed by atoms with Crippen molar-refractivity contribution in [1.29, 1.82) is 0 Å². The summed E-state index contributed by atoms with van der Waals surface area (Å²) in [6.07, 6.45) is 4.43. The highest BCUT2D eigenvalue weighted by Crippen LogP contribution is 2.37. The number of amides is 2. The Balaban J connectivity index is 1.48. The third-order valence-electron chi connectivity index (χ3n) is 6.07. The first kappa shape index (κ1) is 19.4. The van der Waals surface area contributed by atoms with Crippen molar-refractivity contribution in [2.45, 2.75) is 25.8 Å². The summed E-state index contributed by atoms with van der Waals surface area (Å²) in [6, 6.07) is 9.70. The smallest absolute Gasteiger partial charge is 0.228 e. The molecule has 0 spiro atoms. The molecule has 2 aromatic rings. The van der Waals surface area contributed by atoms with Gasteiger partial charge in [-0.2, -0.15) is 0 Å². The summed E-state index contributed by atoms with van der Waals surface area (Å²) in [4.78, 5) is 40.4. The molecule has 2 atom stereocenters. The molecule has 0 aliphatic carbocycles. The Morgan fingerprint density at radius 3 is 2.41 bits per heavy atom. The summed E-state index contributed by atoms with van der Waals surface area (Å²) in [5.41, 5.74) is 1.93. The van der Waals surface area contributed by atoms with Gasteiger partial charge in [0.15, 0.2) is 0 Å². The molecule has 2 aliphatic rings. The molecular weight excluding hydrogens is 366 g/mol.